The van der Waals surface area contributed by atoms with Gasteiger partial charge in [-0.05, 0) is 24.8 Å². The van der Waals surface area contributed by atoms with E-state index in [1.807, 2.05) is 25.8 Å². The monoisotopic (exact) mass is 542 g/mol. The van der Waals surface area contributed by atoms with Crippen molar-refractivity contribution >= 4 is 23.5 Å². The molecule has 2 aliphatic rings. The van der Waals surface area contributed by atoms with Crippen LogP contribution in [0.1, 0.15) is 45.1 Å². The van der Waals surface area contributed by atoms with Gasteiger partial charge in [0.1, 0.15) is 5.84 Å². The minimum Gasteiger partial charge on any atom is -0.428 e. The summed E-state index contributed by atoms with van der Waals surface area (Å²) >= 11 is 0. The number of imide groups is 1. The zero-order valence-corrected chi connectivity index (χ0v) is 22.4. The zero-order chi connectivity index (χ0) is 28.2. The molecule has 2 aromatic rings. The standard InChI is InChI=1S/C25H34N8O6/c1-4-11-30-23(35)22-25(5-2,31(24(30)36)12-10-18-8-7-9-19(15-18)33(37)38)27-20(16-21-28-26-17-39-21)32(22)29(6-3)13-14-34/h7-9,15,17,22,34H,4-6,10-14,16H2,1-3H3. The van der Waals surface area contributed by atoms with Crippen molar-refractivity contribution in [1.29, 1.82) is 0 Å². The number of non-ortho nitro benzene ring substituents is 1. The molecule has 0 aliphatic carbocycles. The number of nitrogens with zero attached hydrogens (tertiary/aromatic N) is 8. The van der Waals surface area contributed by atoms with Crippen LogP contribution in [0.5, 0.6) is 0 Å². The Kier molecular flexibility index (Phi) is 8.55. The van der Waals surface area contributed by atoms with Gasteiger partial charge in [-0.15, -0.1) is 10.2 Å². The zero-order valence-electron chi connectivity index (χ0n) is 22.4. The molecule has 14 nitrogen and oxygen atoms in total. The first kappa shape index (κ1) is 28.1. The molecule has 14 heteroatoms. The van der Waals surface area contributed by atoms with Crippen molar-refractivity contribution in [3.8, 4) is 0 Å². The molecule has 1 saturated heterocycles. The lowest BCUT2D eigenvalue weighted by Gasteiger charge is -2.51. The summed E-state index contributed by atoms with van der Waals surface area (Å²) < 4.78 is 5.38. The number of aromatic nitrogens is 2. The van der Waals surface area contributed by atoms with Gasteiger partial charge in [0.15, 0.2) is 11.7 Å². The lowest BCUT2D eigenvalue weighted by molar-refractivity contribution is -0.384. The molecule has 2 unspecified atom stereocenters. The number of hydrogen-bond acceptors (Lipinski definition) is 11. The van der Waals surface area contributed by atoms with Crippen LogP contribution in [-0.2, 0) is 17.6 Å². The van der Waals surface area contributed by atoms with E-state index >= 15 is 0 Å². The van der Waals surface area contributed by atoms with Crippen molar-refractivity contribution in [1.82, 2.24) is 30.0 Å². The molecule has 4 rings (SSSR count). The minimum absolute atomic E-state index is 0.0298. The Labute approximate surface area is 226 Å². The van der Waals surface area contributed by atoms with Gasteiger partial charge in [-0.25, -0.2) is 14.8 Å². The fraction of sp³-hybridized carbons (Fsp3) is 0.560. The maximum absolute atomic E-state index is 14.0. The third kappa shape index (κ3) is 5.21. The lowest BCUT2D eigenvalue weighted by atomic mass is 9.91. The Bertz CT molecular complexity index is 1220. The first-order valence-electron chi connectivity index (χ1n) is 13.2. The fourth-order valence-corrected chi connectivity index (χ4v) is 5.38. The van der Waals surface area contributed by atoms with E-state index in [0.717, 1.165) is 0 Å². The van der Waals surface area contributed by atoms with Gasteiger partial charge in [0.05, 0.1) is 18.0 Å². The number of carbonyl (C=O) groups is 2. The predicted octanol–water partition coefficient (Wildman–Crippen LogP) is 1.86. The SMILES string of the molecule is CCCN1C(=O)C2N(N(CC)CCO)C(Cc3nnco3)=NC2(CC)N(CCc2cccc([N+](=O)[O-])c2)C1=O. The van der Waals surface area contributed by atoms with Crippen molar-refractivity contribution in [2.75, 3.05) is 32.8 Å². The van der Waals surface area contributed by atoms with Crippen LogP contribution >= 0.6 is 0 Å². The molecular formula is C25H34N8O6. The van der Waals surface area contributed by atoms with Gasteiger partial charge in [-0.2, -0.15) is 0 Å². The van der Waals surface area contributed by atoms with Crippen molar-refractivity contribution < 1.29 is 24.0 Å². The van der Waals surface area contributed by atoms with E-state index in [2.05, 4.69) is 10.2 Å². The lowest BCUT2D eigenvalue weighted by Crippen LogP contribution is -2.74. The fourth-order valence-electron chi connectivity index (χ4n) is 5.38. The Morgan fingerprint density at radius 2 is 2.03 bits per heavy atom. The molecule has 3 heterocycles. The first-order valence-corrected chi connectivity index (χ1v) is 13.2. The molecule has 1 aromatic carbocycles. The number of fused-ring (bicyclic) bond motifs is 1. The Balaban J connectivity index is 1.79. The maximum Gasteiger partial charge on any atom is 0.328 e. The van der Waals surface area contributed by atoms with Crippen molar-refractivity contribution in [3.63, 3.8) is 0 Å². The van der Waals surface area contributed by atoms with Crippen LogP contribution in [0, 0.1) is 10.1 Å². The summed E-state index contributed by atoms with van der Waals surface area (Å²) in [5, 5.41) is 32.4. The quantitative estimate of drug-likeness (QED) is 0.292. The van der Waals surface area contributed by atoms with Crippen LogP contribution in [0.3, 0.4) is 0 Å². The van der Waals surface area contributed by atoms with E-state index in [1.54, 1.807) is 22.0 Å². The van der Waals surface area contributed by atoms with Crippen molar-refractivity contribution in [3.05, 3.63) is 52.2 Å². The molecule has 1 fully saturated rings. The number of amidine groups is 1. The van der Waals surface area contributed by atoms with Gasteiger partial charge < -0.3 is 9.52 Å². The summed E-state index contributed by atoms with van der Waals surface area (Å²) in [5.74, 6) is 0.410. The van der Waals surface area contributed by atoms with E-state index in [9.17, 15) is 24.8 Å². The molecular weight excluding hydrogens is 508 g/mol. The number of nitro benzene ring substituents is 1. The highest BCUT2D eigenvalue weighted by molar-refractivity contribution is 6.05. The highest BCUT2D eigenvalue weighted by Gasteiger charge is 2.63. The van der Waals surface area contributed by atoms with Gasteiger partial charge in [-0.3, -0.25) is 29.7 Å². The van der Waals surface area contributed by atoms with Crippen molar-refractivity contribution in [2.24, 2.45) is 4.99 Å². The van der Waals surface area contributed by atoms with Crippen LogP contribution < -0.4 is 0 Å². The maximum atomic E-state index is 14.0. The number of aliphatic hydroxyl groups excluding tert-OH is 1. The normalized spacial score (nSPS) is 21.1. The van der Waals surface area contributed by atoms with Gasteiger partial charge in [-0.1, -0.05) is 32.9 Å². The van der Waals surface area contributed by atoms with E-state index in [-0.39, 0.29) is 44.3 Å². The number of hydrogen-bond donors (Lipinski definition) is 1. The number of hydrazine groups is 1. The molecule has 2 aliphatic heterocycles. The van der Waals surface area contributed by atoms with Gasteiger partial charge in [0, 0.05) is 38.3 Å². The van der Waals surface area contributed by atoms with E-state index in [1.165, 1.54) is 23.4 Å². The molecule has 1 aromatic heterocycles. The third-order valence-corrected chi connectivity index (χ3v) is 7.15. The third-order valence-electron chi connectivity index (χ3n) is 7.15. The first-order chi connectivity index (χ1) is 18.8. The summed E-state index contributed by atoms with van der Waals surface area (Å²) in [6, 6.07) is 4.98. The molecule has 1 N–H and O–H groups in total. The van der Waals surface area contributed by atoms with Crippen LogP contribution in [-0.4, -0.2) is 102 Å². The minimum atomic E-state index is -1.24. The Morgan fingerprint density at radius 3 is 2.64 bits per heavy atom. The molecule has 210 valence electrons. The molecule has 39 heavy (non-hydrogen) atoms. The number of aliphatic imine (C=N–C) groups is 1. The van der Waals surface area contributed by atoms with E-state index in [0.29, 0.717) is 43.1 Å². The second kappa shape index (κ2) is 11.9. The van der Waals surface area contributed by atoms with Crippen LogP contribution in [0.2, 0.25) is 0 Å². The molecule has 0 saturated carbocycles. The van der Waals surface area contributed by atoms with E-state index < -0.39 is 22.7 Å². The highest BCUT2D eigenvalue weighted by Crippen LogP contribution is 2.41. The van der Waals surface area contributed by atoms with Gasteiger partial charge in [0.2, 0.25) is 12.3 Å². The van der Waals surface area contributed by atoms with Gasteiger partial charge in [0.25, 0.3) is 11.6 Å². The molecule has 3 amide bonds. The molecule has 2 atom stereocenters. The number of benzene rings is 1. The average molecular weight is 543 g/mol. The summed E-state index contributed by atoms with van der Waals surface area (Å²) in [6.07, 6.45) is 2.59. The number of aliphatic hydroxyl groups is 1. The number of likely N-dealkylation sites (N-methyl/N-ethyl adjacent to an activating group) is 1. The summed E-state index contributed by atoms with van der Waals surface area (Å²) in [7, 11) is 0. The topological polar surface area (TPSA) is 162 Å². The number of nitro groups is 1. The smallest absolute Gasteiger partial charge is 0.328 e. The molecule has 0 radical (unpaired) electrons. The summed E-state index contributed by atoms with van der Waals surface area (Å²) in [6.45, 7) is 6.68. The summed E-state index contributed by atoms with van der Waals surface area (Å²) in [4.78, 5) is 46.7. The average Bonchev–Trinajstić information content (AvgIpc) is 3.56. The molecule has 0 spiro atoms. The second-order valence-corrected chi connectivity index (χ2v) is 9.39. The Hall–Kier alpha value is -3.91. The number of amides is 3. The highest BCUT2D eigenvalue weighted by atomic mass is 16.6. The second-order valence-electron chi connectivity index (χ2n) is 9.39. The van der Waals surface area contributed by atoms with Gasteiger partial charge >= 0.3 is 6.03 Å². The van der Waals surface area contributed by atoms with Crippen molar-refractivity contribution in [2.45, 2.75) is 58.2 Å². The van der Waals surface area contributed by atoms with Crippen LogP contribution in [0.4, 0.5) is 10.5 Å². The predicted molar refractivity (Wildman–Crippen MR) is 139 cm³/mol. The largest absolute Gasteiger partial charge is 0.428 e. The number of carbonyl (C=O) groups excluding carboxylic acids is 2. The summed E-state index contributed by atoms with van der Waals surface area (Å²) in [5.41, 5.74) is -0.575. The Morgan fingerprint density at radius 1 is 1.23 bits per heavy atom. The van der Waals surface area contributed by atoms with E-state index in [4.69, 9.17) is 9.41 Å². The van der Waals surface area contributed by atoms with Crippen LogP contribution in [0.25, 0.3) is 0 Å². The number of urea groups is 1. The number of rotatable bonds is 13. The molecule has 0 bridgehead atoms. The van der Waals surface area contributed by atoms with Crippen LogP contribution in [0.15, 0.2) is 40.1 Å².